The average molecular weight is 649 g/mol. The Morgan fingerprint density at radius 3 is 1.94 bits per heavy atom. The van der Waals surface area contributed by atoms with Gasteiger partial charge in [0.2, 0.25) is 0 Å². The fourth-order valence-corrected chi connectivity index (χ4v) is 5.57. The summed E-state index contributed by atoms with van der Waals surface area (Å²) in [6.07, 6.45) is 25.1. The highest BCUT2D eigenvalue weighted by Crippen LogP contribution is 2.44. The zero-order valence-electron chi connectivity index (χ0n) is 31.0. The summed E-state index contributed by atoms with van der Waals surface area (Å²) in [7, 11) is 0.500. The van der Waals surface area contributed by atoms with Gasteiger partial charge in [-0.15, -0.1) is 12.3 Å². The van der Waals surface area contributed by atoms with Crippen molar-refractivity contribution in [2.45, 2.75) is 86.6 Å². The Morgan fingerprint density at radius 1 is 0.958 bits per heavy atom. The number of terminal acetylenes is 1. The third-order valence-corrected chi connectivity index (χ3v) is 7.32. The SMILES string of the molecule is C#CCC(CCC)CC(=C/CC)/C=C/c1c(-c2ccccc2)c(-c2ccccc2)c(C(=C)NC=C)n1C(C)C.C=C/C=C\C.CC.CF. The summed E-state index contributed by atoms with van der Waals surface area (Å²) in [5.74, 6) is 3.40. The monoisotopic (exact) mass is 648 g/mol. The highest BCUT2D eigenvalue weighted by molar-refractivity contribution is 5.96. The predicted octanol–water partition coefficient (Wildman–Crippen LogP) is 13.6. The maximum atomic E-state index is 9.50. The molecule has 0 fully saturated rings. The van der Waals surface area contributed by atoms with Crippen LogP contribution in [-0.4, -0.2) is 11.7 Å². The van der Waals surface area contributed by atoms with Crippen molar-refractivity contribution in [2.75, 3.05) is 7.18 Å². The summed E-state index contributed by atoms with van der Waals surface area (Å²) >= 11 is 0. The molecule has 0 saturated carbocycles. The van der Waals surface area contributed by atoms with E-state index in [2.05, 4.69) is 142 Å². The van der Waals surface area contributed by atoms with Crippen LogP contribution in [-0.2, 0) is 0 Å². The van der Waals surface area contributed by atoms with Gasteiger partial charge in [0.15, 0.2) is 0 Å². The molecule has 0 radical (unpaired) electrons. The largest absolute Gasteiger partial charge is 0.361 e. The normalized spacial score (nSPS) is 11.3. The Balaban J connectivity index is 0.00000221. The van der Waals surface area contributed by atoms with E-state index in [0.717, 1.165) is 49.1 Å². The minimum absolute atomic E-state index is 0.204. The van der Waals surface area contributed by atoms with Crippen LogP contribution in [0.2, 0.25) is 0 Å². The van der Waals surface area contributed by atoms with Crippen molar-refractivity contribution >= 4 is 11.8 Å². The van der Waals surface area contributed by atoms with Crippen molar-refractivity contribution in [1.82, 2.24) is 9.88 Å². The molecule has 0 spiro atoms. The van der Waals surface area contributed by atoms with Gasteiger partial charge >= 0.3 is 0 Å². The molecule has 0 saturated heterocycles. The fourth-order valence-electron chi connectivity index (χ4n) is 5.57. The molecule has 3 aromatic rings. The van der Waals surface area contributed by atoms with Crippen molar-refractivity contribution in [3.8, 4) is 34.6 Å². The molecule has 0 aliphatic carbocycles. The number of hydrogen-bond donors (Lipinski definition) is 1. The van der Waals surface area contributed by atoms with Gasteiger partial charge in [0.25, 0.3) is 0 Å². The number of aromatic nitrogens is 1. The lowest BCUT2D eigenvalue weighted by atomic mass is 9.91. The van der Waals surface area contributed by atoms with Gasteiger partial charge in [-0.25, -0.2) is 0 Å². The van der Waals surface area contributed by atoms with Crippen LogP contribution in [0.15, 0.2) is 123 Å². The number of benzene rings is 2. The summed E-state index contributed by atoms with van der Waals surface area (Å²) in [5, 5.41) is 3.29. The molecule has 3 rings (SSSR count). The van der Waals surface area contributed by atoms with Crippen molar-refractivity contribution in [3.05, 3.63) is 134 Å². The van der Waals surface area contributed by atoms with Gasteiger partial charge in [0.1, 0.15) is 0 Å². The van der Waals surface area contributed by atoms with Gasteiger partial charge in [-0.05, 0) is 69.4 Å². The number of rotatable bonds is 15. The first-order valence-electron chi connectivity index (χ1n) is 17.3. The lowest BCUT2D eigenvalue weighted by Gasteiger charge is -2.19. The molecule has 0 aliphatic rings. The summed E-state index contributed by atoms with van der Waals surface area (Å²) in [6, 6.07) is 21.5. The van der Waals surface area contributed by atoms with Crippen LogP contribution in [0, 0.1) is 18.3 Å². The highest BCUT2D eigenvalue weighted by atomic mass is 19.1. The summed E-state index contributed by atoms with van der Waals surface area (Å²) < 4.78 is 11.9. The van der Waals surface area contributed by atoms with Crippen molar-refractivity contribution < 1.29 is 4.39 Å². The van der Waals surface area contributed by atoms with E-state index < -0.39 is 0 Å². The number of alkyl halides is 1. The number of nitrogens with one attached hydrogen (secondary N) is 1. The minimum Gasteiger partial charge on any atom is -0.361 e. The van der Waals surface area contributed by atoms with Crippen molar-refractivity contribution in [2.24, 2.45) is 5.92 Å². The third kappa shape index (κ3) is 13.7. The highest BCUT2D eigenvalue weighted by Gasteiger charge is 2.26. The van der Waals surface area contributed by atoms with Crippen LogP contribution >= 0.6 is 0 Å². The zero-order valence-corrected chi connectivity index (χ0v) is 31.0. The molecule has 2 nitrogen and oxygen atoms in total. The van der Waals surface area contributed by atoms with Gasteiger partial charge in [0.05, 0.1) is 24.3 Å². The van der Waals surface area contributed by atoms with Crippen LogP contribution < -0.4 is 5.32 Å². The molecule has 0 bridgehead atoms. The summed E-state index contributed by atoms with van der Waals surface area (Å²) in [6.45, 7) is 26.7. The average Bonchev–Trinajstić information content (AvgIpc) is 3.46. The van der Waals surface area contributed by atoms with Crippen LogP contribution in [0.3, 0.4) is 0 Å². The Hall–Kier alpha value is -4.55. The molecule has 258 valence electrons. The fraction of sp³-hybridized carbons (Fsp3) is 0.333. The second kappa shape index (κ2) is 26.5. The van der Waals surface area contributed by atoms with Gasteiger partial charge < -0.3 is 9.88 Å². The molecule has 1 atom stereocenters. The lowest BCUT2D eigenvalue weighted by Crippen LogP contribution is -2.12. The van der Waals surface area contributed by atoms with Crippen LogP contribution in [0.1, 0.15) is 98.0 Å². The number of halogens is 1. The van der Waals surface area contributed by atoms with Gasteiger partial charge in [-0.3, -0.25) is 4.39 Å². The maximum Gasteiger partial charge on any atom is 0.0785 e. The second-order valence-electron chi connectivity index (χ2n) is 11.1. The molecule has 48 heavy (non-hydrogen) atoms. The molecule has 1 unspecified atom stereocenters. The van der Waals surface area contributed by atoms with Crippen molar-refractivity contribution in [1.29, 1.82) is 0 Å². The lowest BCUT2D eigenvalue weighted by molar-refractivity contribution is 0.490. The van der Waals surface area contributed by atoms with Gasteiger partial charge in [0, 0.05) is 23.6 Å². The molecule has 0 amide bonds. The standard InChI is InChI=1S/C37H44N2.C5H8.C2H6.CH3F/c1-8-18-30(19-9-2)27-31(20-10-3)25-26-34-35(32-21-14-12-15-22-32)36(33-23-16-13-17-24-33)37(29(7)38-11-4)39(34)28(5)6;1-3-5-4-2;2*1-2/h1,11-17,20-26,28,30,38H,4,7,9-10,18-19,27H2,2-3,5-6H3;3-5H,1H2,2H3;1-2H3;1H3/b26-25+,31-20+;5-4-;;. The number of nitrogens with zero attached hydrogens (tertiary/aromatic N) is 1. The van der Waals surface area contributed by atoms with Crippen LogP contribution in [0.4, 0.5) is 4.39 Å². The molecular weight excluding hydrogens is 588 g/mol. The van der Waals surface area contributed by atoms with Gasteiger partial charge in [-0.2, -0.15) is 0 Å². The van der Waals surface area contributed by atoms with E-state index in [1.54, 1.807) is 12.3 Å². The molecule has 1 aromatic heterocycles. The Morgan fingerprint density at radius 2 is 1.52 bits per heavy atom. The van der Waals surface area contributed by atoms with E-state index in [0.29, 0.717) is 13.1 Å². The molecule has 1 N–H and O–H groups in total. The number of hydrogen-bond acceptors (Lipinski definition) is 1. The molecule has 2 aromatic carbocycles. The van der Waals surface area contributed by atoms with E-state index in [1.165, 1.54) is 28.0 Å². The van der Waals surface area contributed by atoms with Crippen LogP contribution in [0.25, 0.3) is 34.0 Å². The first-order valence-corrected chi connectivity index (χ1v) is 17.3. The van der Waals surface area contributed by atoms with E-state index >= 15 is 0 Å². The van der Waals surface area contributed by atoms with Crippen LogP contribution in [0.5, 0.6) is 0 Å². The molecule has 3 heteroatoms. The van der Waals surface area contributed by atoms with Gasteiger partial charge in [-0.1, -0.05) is 150 Å². The summed E-state index contributed by atoms with van der Waals surface area (Å²) in [4.78, 5) is 0. The Bertz CT molecular complexity index is 1460. The van der Waals surface area contributed by atoms with E-state index in [9.17, 15) is 4.39 Å². The van der Waals surface area contributed by atoms with E-state index in [-0.39, 0.29) is 6.04 Å². The minimum atomic E-state index is 0.204. The maximum absolute atomic E-state index is 9.50. The zero-order chi connectivity index (χ0) is 36.3. The smallest absolute Gasteiger partial charge is 0.0785 e. The molecule has 1 heterocycles. The number of allylic oxidation sites excluding steroid dienone is 6. The van der Waals surface area contributed by atoms with E-state index in [4.69, 9.17) is 6.42 Å². The predicted molar refractivity (Wildman–Crippen MR) is 215 cm³/mol. The third-order valence-electron chi connectivity index (χ3n) is 7.32. The second-order valence-corrected chi connectivity index (χ2v) is 11.1. The topological polar surface area (TPSA) is 17.0 Å². The van der Waals surface area contributed by atoms with Crippen molar-refractivity contribution in [3.63, 3.8) is 0 Å². The molecular formula is C45H61FN2. The summed E-state index contributed by atoms with van der Waals surface area (Å²) in [5.41, 5.74) is 9.14. The Labute approximate surface area is 293 Å². The van der Waals surface area contributed by atoms with E-state index in [1.807, 2.05) is 32.9 Å². The first-order chi connectivity index (χ1) is 23.4. The first kappa shape index (κ1) is 43.5. The molecule has 0 aliphatic heterocycles. The quantitative estimate of drug-likeness (QED) is 0.128. The Kier molecular flexibility index (Phi) is 24.0.